The molecule has 0 saturated carbocycles. The summed E-state index contributed by atoms with van der Waals surface area (Å²) in [5, 5.41) is 13.5. The molecular formula is C22H21N3O7S. The van der Waals surface area contributed by atoms with Crippen LogP contribution in [0.3, 0.4) is 0 Å². The lowest BCUT2D eigenvalue weighted by Gasteiger charge is -2.17. The molecule has 0 saturated heterocycles. The summed E-state index contributed by atoms with van der Waals surface area (Å²) in [6, 6.07) is 11.3. The Kier molecular flexibility index (Phi) is 7.57. The first-order chi connectivity index (χ1) is 15.8. The fourth-order valence-electron chi connectivity index (χ4n) is 2.98. The third-order valence-corrected chi connectivity index (χ3v) is 5.28. The van der Waals surface area contributed by atoms with Crippen molar-refractivity contribution < 1.29 is 28.7 Å². The van der Waals surface area contributed by atoms with E-state index in [4.69, 9.17) is 14.2 Å². The van der Waals surface area contributed by atoms with E-state index in [0.717, 1.165) is 6.07 Å². The third-order valence-electron chi connectivity index (χ3n) is 4.41. The number of hydrogen-bond acceptors (Lipinski definition) is 9. The zero-order valence-corrected chi connectivity index (χ0v) is 19.0. The molecule has 2 aromatic carbocycles. The molecule has 0 N–H and O–H groups in total. The van der Waals surface area contributed by atoms with Gasteiger partial charge in [0.1, 0.15) is 12.2 Å². The van der Waals surface area contributed by atoms with Crippen LogP contribution in [0.1, 0.15) is 29.9 Å². The number of thiazole rings is 1. The van der Waals surface area contributed by atoms with Crippen molar-refractivity contribution in [1.82, 2.24) is 4.98 Å². The number of methoxy groups -OCH3 is 1. The number of ether oxygens (including phenoxy) is 3. The maximum atomic E-state index is 12.7. The Morgan fingerprint density at radius 1 is 1.18 bits per heavy atom. The van der Waals surface area contributed by atoms with Crippen LogP contribution in [0, 0.1) is 10.1 Å². The van der Waals surface area contributed by atoms with Crippen molar-refractivity contribution in [1.29, 1.82) is 0 Å². The molecule has 1 aromatic heterocycles. The first-order valence-electron chi connectivity index (χ1n) is 9.82. The van der Waals surface area contributed by atoms with Crippen LogP contribution < -0.4 is 14.4 Å². The van der Waals surface area contributed by atoms with E-state index in [1.165, 1.54) is 36.3 Å². The molecule has 0 atom stereocenters. The van der Waals surface area contributed by atoms with E-state index in [9.17, 15) is 19.7 Å². The van der Waals surface area contributed by atoms with Crippen molar-refractivity contribution in [2.75, 3.05) is 18.6 Å². The van der Waals surface area contributed by atoms with Crippen LogP contribution in [-0.4, -0.2) is 35.5 Å². The number of para-hydroxylation sites is 1. The van der Waals surface area contributed by atoms with Crippen LogP contribution in [0.25, 0.3) is 0 Å². The summed E-state index contributed by atoms with van der Waals surface area (Å²) >= 11 is 1.21. The monoisotopic (exact) mass is 471 g/mol. The predicted molar refractivity (Wildman–Crippen MR) is 121 cm³/mol. The SMILES string of the molecule is CCOc1cc(C(=O)OCc2csc(N(C(C)=O)c3ccccc3)n2)c([N+](=O)[O-])cc1OC. The minimum Gasteiger partial charge on any atom is -0.493 e. The summed E-state index contributed by atoms with van der Waals surface area (Å²) in [5.41, 5.74) is 0.312. The molecule has 1 amide bonds. The smallest absolute Gasteiger partial charge is 0.345 e. The van der Waals surface area contributed by atoms with Gasteiger partial charge in [-0.15, -0.1) is 11.3 Å². The van der Waals surface area contributed by atoms with Crippen LogP contribution in [0.2, 0.25) is 0 Å². The molecule has 172 valence electrons. The summed E-state index contributed by atoms with van der Waals surface area (Å²) in [6.07, 6.45) is 0. The average molecular weight is 471 g/mol. The topological polar surface area (TPSA) is 121 Å². The molecule has 0 unspecified atom stereocenters. The fourth-order valence-corrected chi connectivity index (χ4v) is 3.85. The van der Waals surface area contributed by atoms with Gasteiger partial charge in [-0.2, -0.15) is 0 Å². The Balaban J connectivity index is 1.80. The van der Waals surface area contributed by atoms with Gasteiger partial charge in [-0.3, -0.25) is 19.8 Å². The van der Waals surface area contributed by atoms with Gasteiger partial charge in [0.05, 0.1) is 36.1 Å². The molecule has 1 heterocycles. The second kappa shape index (κ2) is 10.6. The molecule has 0 spiro atoms. The van der Waals surface area contributed by atoms with Crippen molar-refractivity contribution in [3.8, 4) is 11.5 Å². The number of benzene rings is 2. The molecule has 0 bridgehead atoms. The standard InChI is InChI=1S/C22H21N3O7S/c1-4-31-20-10-17(18(25(28)29)11-19(20)30-3)21(27)32-12-15-13-33-22(23-15)24(14(2)26)16-8-6-5-7-9-16/h5-11,13H,4,12H2,1-3H3. The molecule has 33 heavy (non-hydrogen) atoms. The second-order valence-corrected chi connectivity index (χ2v) is 7.43. The second-order valence-electron chi connectivity index (χ2n) is 6.60. The first kappa shape index (κ1) is 23.7. The number of nitro groups is 1. The number of aromatic nitrogens is 1. The molecule has 0 radical (unpaired) electrons. The lowest BCUT2D eigenvalue weighted by atomic mass is 10.1. The summed E-state index contributed by atoms with van der Waals surface area (Å²) in [5.74, 6) is -0.814. The third kappa shape index (κ3) is 5.44. The summed E-state index contributed by atoms with van der Waals surface area (Å²) in [7, 11) is 1.35. The Hall–Kier alpha value is -3.99. The highest BCUT2D eigenvalue weighted by atomic mass is 32.1. The van der Waals surface area contributed by atoms with Crippen LogP contribution in [0.4, 0.5) is 16.5 Å². The van der Waals surface area contributed by atoms with Crippen LogP contribution in [0.15, 0.2) is 47.8 Å². The van der Waals surface area contributed by atoms with Crippen LogP contribution in [0.5, 0.6) is 11.5 Å². The van der Waals surface area contributed by atoms with Gasteiger partial charge in [0.15, 0.2) is 16.6 Å². The lowest BCUT2D eigenvalue weighted by Crippen LogP contribution is -2.22. The quantitative estimate of drug-likeness (QED) is 0.254. The minimum absolute atomic E-state index is 0.134. The molecule has 3 aromatic rings. The number of amides is 1. The number of anilines is 2. The number of carbonyl (C=O) groups is 2. The number of nitro benzene ring substituents is 1. The number of esters is 1. The highest BCUT2D eigenvalue weighted by Crippen LogP contribution is 2.35. The average Bonchev–Trinajstić information content (AvgIpc) is 3.26. The number of rotatable bonds is 9. The maximum Gasteiger partial charge on any atom is 0.345 e. The van der Waals surface area contributed by atoms with Crippen LogP contribution in [-0.2, 0) is 16.1 Å². The fraction of sp³-hybridized carbons (Fsp3) is 0.227. The highest BCUT2D eigenvalue weighted by molar-refractivity contribution is 7.14. The Bertz CT molecular complexity index is 1160. The van der Waals surface area contributed by atoms with Crippen LogP contribution >= 0.6 is 11.3 Å². The molecule has 3 rings (SSSR count). The highest BCUT2D eigenvalue weighted by Gasteiger charge is 2.26. The molecule has 0 aliphatic carbocycles. The number of carbonyl (C=O) groups excluding carboxylic acids is 2. The summed E-state index contributed by atoms with van der Waals surface area (Å²) in [6.45, 7) is 3.20. The van der Waals surface area contributed by atoms with E-state index in [-0.39, 0.29) is 36.2 Å². The normalized spacial score (nSPS) is 10.4. The Morgan fingerprint density at radius 3 is 2.52 bits per heavy atom. The van der Waals surface area contributed by atoms with E-state index in [0.29, 0.717) is 16.5 Å². The molecule has 0 aliphatic rings. The molecule has 0 fully saturated rings. The van der Waals surface area contributed by atoms with Gasteiger partial charge < -0.3 is 14.2 Å². The van der Waals surface area contributed by atoms with E-state index in [1.54, 1.807) is 36.6 Å². The maximum absolute atomic E-state index is 12.7. The van der Waals surface area contributed by atoms with Gasteiger partial charge in [-0.05, 0) is 19.1 Å². The molecule has 10 nitrogen and oxygen atoms in total. The minimum atomic E-state index is -0.911. The summed E-state index contributed by atoms with van der Waals surface area (Å²) in [4.78, 5) is 41.4. The molecular weight excluding hydrogens is 450 g/mol. The number of hydrogen-bond donors (Lipinski definition) is 0. The number of nitrogens with zero attached hydrogens (tertiary/aromatic N) is 3. The van der Waals surface area contributed by atoms with Gasteiger partial charge in [0, 0.05) is 18.4 Å². The van der Waals surface area contributed by atoms with Gasteiger partial charge in [0.25, 0.3) is 5.69 Å². The summed E-state index contributed by atoms with van der Waals surface area (Å²) < 4.78 is 15.8. The van der Waals surface area contributed by atoms with Gasteiger partial charge in [-0.1, -0.05) is 18.2 Å². The van der Waals surface area contributed by atoms with E-state index in [1.807, 2.05) is 6.07 Å². The van der Waals surface area contributed by atoms with Crippen molar-refractivity contribution in [2.24, 2.45) is 0 Å². The first-order valence-corrected chi connectivity index (χ1v) is 10.7. The zero-order valence-electron chi connectivity index (χ0n) is 18.1. The van der Waals surface area contributed by atoms with E-state index in [2.05, 4.69) is 4.98 Å². The molecule has 11 heteroatoms. The Labute approximate surface area is 193 Å². The Morgan fingerprint density at radius 2 is 1.91 bits per heavy atom. The molecule has 0 aliphatic heterocycles. The zero-order chi connectivity index (χ0) is 24.0. The predicted octanol–water partition coefficient (Wildman–Crippen LogP) is 4.50. The van der Waals surface area contributed by atoms with E-state index >= 15 is 0 Å². The van der Waals surface area contributed by atoms with E-state index < -0.39 is 16.6 Å². The van der Waals surface area contributed by atoms with Gasteiger partial charge in [0.2, 0.25) is 5.91 Å². The van der Waals surface area contributed by atoms with Crippen molar-refractivity contribution in [2.45, 2.75) is 20.5 Å². The lowest BCUT2D eigenvalue weighted by molar-refractivity contribution is -0.385. The van der Waals surface area contributed by atoms with Gasteiger partial charge >= 0.3 is 5.97 Å². The van der Waals surface area contributed by atoms with Crippen molar-refractivity contribution in [3.63, 3.8) is 0 Å². The van der Waals surface area contributed by atoms with Crippen molar-refractivity contribution in [3.05, 3.63) is 69.2 Å². The van der Waals surface area contributed by atoms with Crippen molar-refractivity contribution >= 4 is 39.7 Å². The van der Waals surface area contributed by atoms with Gasteiger partial charge in [-0.25, -0.2) is 9.78 Å². The largest absolute Gasteiger partial charge is 0.493 e.